The zero-order chi connectivity index (χ0) is 12.9. The molecule has 0 aliphatic heterocycles. The predicted molar refractivity (Wildman–Crippen MR) is 73.9 cm³/mol. The van der Waals surface area contributed by atoms with Gasteiger partial charge < -0.3 is 4.43 Å². The molecule has 0 bridgehead atoms. The first-order valence-electron chi connectivity index (χ1n) is 5.70. The van der Waals surface area contributed by atoms with Gasteiger partial charge in [-0.1, -0.05) is 36.4 Å². The van der Waals surface area contributed by atoms with Crippen LogP contribution in [-0.2, 0) is 4.43 Å². The smallest absolute Gasteiger partial charge is 0.186 e. The number of rotatable bonds is 4. The van der Waals surface area contributed by atoms with Gasteiger partial charge in [0.25, 0.3) is 0 Å². The molecule has 0 saturated carbocycles. The molecule has 0 amide bonds. The van der Waals surface area contributed by atoms with Crippen LogP contribution in [-0.4, -0.2) is 13.9 Å². The Morgan fingerprint density at radius 1 is 1.24 bits per heavy atom. The predicted octanol–water partition coefficient (Wildman–Crippen LogP) is 3.83. The summed E-state index contributed by atoms with van der Waals surface area (Å²) in [6.07, 6.45) is 3.77. The van der Waals surface area contributed by atoms with Crippen LogP contribution in [0, 0.1) is 11.3 Å². The van der Waals surface area contributed by atoms with Crippen LogP contribution in [0.5, 0.6) is 0 Å². The molecule has 1 rings (SSSR count). The minimum atomic E-state index is -1.73. The summed E-state index contributed by atoms with van der Waals surface area (Å²) in [5.41, 5.74) is 0.244. The van der Waals surface area contributed by atoms with Crippen LogP contribution < -0.4 is 0 Å². The molecule has 0 aliphatic carbocycles. The Hall–Kier alpha value is -1.37. The third-order valence-corrected chi connectivity index (χ3v) is 3.17. The van der Waals surface area contributed by atoms with Crippen molar-refractivity contribution in [3.05, 3.63) is 42.0 Å². The molecule has 1 aromatic carbocycles. The second kappa shape index (κ2) is 5.31. The Morgan fingerprint density at radius 3 is 2.29 bits per heavy atom. The molecule has 0 saturated heterocycles. The van der Waals surface area contributed by atoms with Crippen LogP contribution in [0.4, 0.5) is 0 Å². The van der Waals surface area contributed by atoms with Crippen LogP contribution in [0.2, 0.25) is 19.6 Å². The normalized spacial score (nSPS) is 15.5. The number of hydrogen-bond acceptors (Lipinski definition) is 2. The number of hydrogen-bond donors (Lipinski definition) is 0. The number of nitriles is 1. The van der Waals surface area contributed by atoms with Crippen LogP contribution in [0.15, 0.2) is 36.4 Å². The molecule has 1 aromatic rings. The molecule has 0 aromatic heterocycles. The Kier molecular flexibility index (Phi) is 4.27. The van der Waals surface area contributed by atoms with E-state index in [0.717, 1.165) is 5.56 Å². The van der Waals surface area contributed by atoms with E-state index in [4.69, 9.17) is 4.43 Å². The highest BCUT2D eigenvalue weighted by Gasteiger charge is 2.28. The fourth-order valence-corrected chi connectivity index (χ4v) is 2.94. The van der Waals surface area contributed by atoms with E-state index < -0.39 is 13.9 Å². The summed E-state index contributed by atoms with van der Waals surface area (Å²) in [6.45, 7) is 8.06. The molecular formula is C14H19NOSi. The van der Waals surface area contributed by atoms with E-state index in [2.05, 4.69) is 25.7 Å². The topological polar surface area (TPSA) is 33.0 Å². The first kappa shape index (κ1) is 13.7. The van der Waals surface area contributed by atoms with Crippen LogP contribution >= 0.6 is 0 Å². The average molecular weight is 245 g/mol. The standard InChI is InChI=1S/C14H19NOSi/c1-14(12-15,16-17(2,3)4)11-10-13-8-6-5-7-9-13/h5-11H,1-4H3/b11-10-. The largest absolute Gasteiger partial charge is 0.397 e. The van der Waals surface area contributed by atoms with Crippen molar-refractivity contribution in [3.63, 3.8) is 0 Å². The molecule has 0 fully saturated rings. The van der Waals surface area contributed by atoms with Gasteiger partial charge in [0, 0.05) is 0 Å². The molecule has 3 heteroatoms. The minimum Gasteiger partial charge on any atom is -0.397 e. The lowest BCUT2D eigenvalue weighted by atomic mass is 10.1. The Labute approximate surface area is 105 Å². The van der Waals surface area contributed by atoms with Crippen molar-refractivity contribution in [2.45, 2.75) is 32.2 Å². The van der Waals surface area contributed by atoms with Crippen molar-refractivity contribution in [1.82, 2.24) is 0 Å². The van der Waals surface area contributed by atoms with E-state index in [0.29, 0.717) is 0 Å². The lowest BCUT2D eigenvalue weighted by Gasteiger charge is -2.27. The van der Waals surface area contributed by atoms with Gasteiger partial charge >= 0.3 is 0 Å². The lowest BCUT2D eigenvalue weighted by molar-refractivity contribution is 0.193. The molecule has 0 radical (unpaired) electrons. The van der Waals surface area contributed by atoms with E-state index in [9.17, 15) is 5.26 Å². The average Bonchev–Trinajstić information content (AvgIpc) is 2.26. The van der Waals surface area contributed by atoms with E-state index in [-0.39, 0.29) is 0 Å². The van der Waals surface area contributed by atoms with Gasteiger partial charge in [-0.3, -0.25) is 0 Å². The van der Waals surface area contributed by atoms with Crippen LogP contribution in [0.25, 0.3) is 6.08 Å². The summed E-state index contributed by atoms with van der Waals surface area (Å²) in [4.78, 5) is 0. The molecule has 0 spiro atoms. The Morgan fingerprint density at radius 2 is 1.82 bits per heavy atom. The molecule has 1 unspecified atom stereocenters. The summed E-state index contributed by atoms with van der Waals surface area (Å²) < 4.78 is 5.89. The highest BCUT2D eigenvalue weighted by molar-refractivity contribution is 6.69. The van der Waals surface area contributed by atoms with Gasteiger partial charge in [-0.05, 0) is 38.2 Å². The molecule has 0 aliphatic rings. The van der Waals surface area contributed by atoms with Crippen molar-refractivity contribution in [2.75, 3.05) is 0 Å². The quantitative estimate of drug-likeness (QED) is 0.755. The SMILES string of the molecule is CC(C#N)(/C=C\c1ccccc1)O[Si](C)(C)C. The second-order valence-electron chi connectivity index (χ2n) is 5.18. The summed E-state index contributed by atoms with van der Waals surface area (Å²) >= 11 is 0. The molecule has 90 valence electrons. The van der Waals surface area contributed by atoms with Crippen LogP contribution in [0.1, 0.15) is 12.5 Å². The van der Waals surface area contributed by atoms with Gasteiger partial charge in [0.05, 0.1) is 0 Å². The van der Waals surface area contributed by atoms with Crippen LogP contribution in [0.3, 0.4) is 0 Å². The maximum absolute atomic E-state index is 9.22. The van der Waals surface area contributed by atoms with Gasteiger partial charge in [-0.2, -0.15) is 5.26 Å². The van der Waals surface area contributed by atoms with Crippen molar-refractivity contribution >= 4 is 14.4 Å². The van der Waals surface area contributed by atoms with Crippen molar-refractivity contribution < 1.29 is 4.43 Å². The van der Waals surface area contributed by atoms with E-state index >= 15 is 0 Å². The minimum absolute atomic E-state index is 0.833. The number of nitrogens with zero attached hydrogens (tertiary/aromatic N) is 1. The third-order valence-electron chi connectivity index (χ3n) is 2.13. The summed E-state index contributed by atoms with van der Waals surface area (Å²) in [5, 5.41) is 9.22. The van der Waals surface area contributed by atoms with Crippen molar-refractivity contribution in [3.8, 4) is 6.07 Å². The monoisotopic (exact) mass is 245 g/mol. The molecule has 0 N–H and O–H groups in total. The fourth-order valence-electron chi connectivity index (χ4n) is 1.55. The zero-order valence-corrected chi connectivity index (χ0v) is 11.9. The van der Waals surface area contributed by atoms with Crippen molar-refractivity contribution in [2.24, 2.45) is 0 Å². The summed E-state index contributed by atoms with van der Waals surface area (Å²) in [7, 11) is -1.73. The van der Waals surface area contributed by atoms with Crippen molar-refractivity contribution in [1.29, 1.82) is 5.26 Å². The molecule has 2 nitrogen and oxygen atoms in total. The lowest BCUT2D eigenvalue weighted by Crippen LogP contribution is -2.38. The first-order valence-corrected chi connectivity index (χ1v) is 9.11. The third kappa shape index (κ3) is 4.99. The van der Waals surface area contributed by atoms with Gasteiger partial charge in [-0.25, -0.2) is 0 Å². The molecule has 1 atom stereocenters. The number of benzene rings is 1. The fraction of sp³-hybridized carbons (Fsp3) is 0.357. The second-order valence-corrected chi connectivity index (χ2v) is 9.61. The maximum Gasteiger partial charge on any atom is 0.186 e. The molecule has 0 heterocycles. The van der Waals surface area contributed by atoms with Gasteiger partial charge in [-0.15, -0.1) is 0 Å². The van der Waals surface area contributed by atoms with E-state index in [1.807, 2.05) is 49.4 Å². The Balaban J connectivity index is 2.84. The van der Waals surface area contributed by atoms with E-state index in [1.54, 1.807) is 0 Å². The van der Waals surface area contributed by atoms with Gasteiger partial charge in [0.15, 0.2) is 13.9 Å². The Bertz CT molecular complexity index is 428. The summed E-state index contributed by atoms with van der Waals surface area (Å²) in [5.74, 6) is 0. The maximum atomic E-state index is 9.22. The molecule has 17 heavy (non-hydrogen) atoms. The summed E-state index contributed by atoms with van der Waals surface area (Å²) in [6, 6.07) is 12.2. The molecular weight excluding hydrogens is 226 g/mol. The first-order chi connectivity index (χ1) is 7.85. The highest BCUT2D eigenvalue weighted by Crippen LogP contribution is 2.19. The zero-order valence-electron chi connectivity index (χ0n) is 10.9. The van der Waals surface area contributed by atoms with E-state index in [1.165, 1.54) is 0 Å². The highest BCUT2D eigenvalue weighted by atomic mass is 28.4. The van der Waals surface area contributed by atoms with Gasteiger partial charge in [0.2, 0.25) is 0 Å². The van der Waals surface area contributed by atoms with Gasteiger partial charge in [0.1, 0.15) is 6.07 Å².